The number of nitrogens with one attached hydrogen (secondary N) is 1. The van der Waals surface area contributed by atoms with E-state index >= 15 is 0 Å². The topological polar surface area (TPSA) is 50.9 Å². The lowest BCUT2D eigenvalue weighted by Gasteiger charge is -2.17. The van der Waals surface area contributed by atoms with Gasteiger partial charge in [-0.2, -0.15) is 0 Å². The molecule has 4 heteroatoms. The smallest absolute Gasteiger partial charge is 0.149 e. The van der Waals surface area contributed by atoms with Crippen LogP contribution in [0.4, 0.5) is 11.5 Å². The van der Waals surface area contributed by atoms with Crippen LogP contribution in [0.1, 0.15) is 24.2 Å². The van der Waals surface area contributed by atoms with Crippen LogP contribution < -0.4 is 11.1 Å². The lowest BCUT2D eigenvalue weighted by molar-refractivity contribution is 0.872. The van der Waals surface area contributed by atoms with Crippen LogP contribution in [0.3, 0.4) is 0 Å². The molecule has 0 spiro atoms. The first kappa shape index (κ1) is 12.9. The molecule has 3 nitrogen and oxygen atoms in total. The predicted octanol–water partition coefficient (Wildman–Crippen LogP) is 3.91. The first-order valence-electron chi connectivity index (χ1n) is 5.81. The highest BCUT2D eigenvalue weighted by Gasteiger charge is 2.08. The van der Waals surface area contributed by atoms with E-state index in [2.05, 4.69) is 45.3 Å². The Kier molecular flexibility index (Phi) is 3.87. The lowest BCUT2D eigenvalue weighted by atomic mass is 10.1. The largest absolute Gasteiger partial charge is 0.396 e. The Labute approximate surface area is 116 Å². The number of nitrogen functional groups attached to an aromatic ring is 1. The van der Waals surface area contributed by atoms with E-state index in [1.165, 1.54) is 5.56 Å². The van der Waals surface area contributed by atoms with Gasteiger partial charge in [0.2, 0.25) is 0 Å². The van der Waals surface area contributed by atoms with Crippen LogP contribution in [-0.2, 0) is 0 Å². The van der Waals surface area contributed by atoms with Crippen molar-refractivity contribution in [3.05, 3.63) is 52.1 Å². The standard InChI is InChI=1S/C14H16BrN3/c1-9-6-7-13(16)14(17-9)18-10(2)11-4-3-5-12(15)8-11/h3-8,10H,16H2,1-2H3,(H,17,18). The monoisotopic (exact) mass is 305 g/mol. The highest BCUT2D eigenvalue weighted by atomic mass is 79.9. The zero-order valence-electron chi connectivity index (χ0n) is 10.4. The molecule has 0 saturated heterocycles. The summed E-state index contributed by atoms with van der Waals surface area (Å²) in [6.07, 6.45) is 0. The summed E-state index contributed by atoms with van der Waals surface area (Å²) < 4.78 is 1.07. The molecule has 2 rings (SSSR count). The Hall–Kier alpha value is -1.55. The Morgan fingerprint density at radius 1 is 1.28 bits per heavy atom. The molecule has 0 saturated carbocycles. The number of rotatable bonds is 3. The van der Waals surface area contributed by atoms with Crippen molar-refractivity contribution in [3.8, 4) is 0 Å². The molecule has 0 fully saturated rings. The number of benzene rings is 1. The third-order valence-electron chi connectivity index (χ3n) is 2.77. The van der Waals surface area contributed by atoms with Crippen LogP contribution in [0.5, 0.6) is 0 Å². The fourth-order valence-corrected chi connectivity index (χ4v) is 2.16. The van der Waals surface area contributed by atoms with E-state index in [4.69, 9.17) is 5.73 Å². The van der Waals surface area contributed by atoms with Gasteiger partial charge in [0.15, 0.2) is 0 Å². The lowest BCUT2D eigenvalue weighted by Crippen LogP contribution is -2.10. The Morgan fingerprint density at radius 3 is 2.78 bits per heavy atom. The summed E-state index contributed by atoms with van der Waals surface area (Å²) in [5, 5.41) is 3.34. The van der Waals surface area contributed by atoms with Gasteiger partial charge in [-0.15, -0.1) is 0 Å². The quantitative estimate of drug-likeness (QED) is 0.904. The summed E-state index contributed by atoms with van der Waals surface area (Å²) in [5.74, 6) is 0.738. The number of halogens is 1. The Bertz CT molecular complexity index is 554. The van der Waals surface area contributed by atoms with Crippen molar-refractivity contribution in [2.75, 3.05) is 11.1 Å². The molecule has 1 aromatic carbocycles. The number of aromatic nitrogens is 1. The van der Waals surface area contributed by atoms with Gasteiger partial charge in [-0.25, -0.2) is 4.98 Å². The molecule has 0 radical (unpaired) electrons. The first-order chi connectivity index (χ1) is 8.56. The van der Waals surface area contributed by atoms with Gasteiger partial charge in [-0.1, -0.05) is 28.1 Å². The minimum absolute atomic E-state index is 0.152. The minimum Gasteiger partial charge on any atom is -0.396 e. The van der Waals surface area contributed by atoms with Crippen LogP contribution in [-0.4, -0.2) is 4.98 Å². The van der Waals surface area contributed by atoms with E-state index < -0.39 is 0 Å². The van der Waals surface area contributed by atoms with Gasteiger partial charge in [-0.3, -0.25) is 0 Å². The molecule has 2 aromatic rings. The second-order valence-electron chi connectivity index (χ2n) is 4.31. The predicted molar refractivity (Wildman–Crippen MR) is 79.6 cm³/mol. The number of nitrogens with two attached hydrogens (primary N) is 1. The molecule has 0 amide bonds. The fraction of sp³-hybridized carbons (Fsp3) is 0.214. The van der Waals surface area contributed by atoms with E-state index in [-0.39, 0.29) is 6.04 Å². The van der Waals surface area contributed by atoms with Gasteiger partial charge in [-0.05, 0) is 43.7 Å². The molecule has 0 aliphatic heterocycles. The molecule has 0 aliphatic rings. The maximum atomic E-state index is 5.91. The second-order valence-corrected chi connectivity index (χ2v) is 5.23. The van der Waals surface area contributed by atoms with Crippen molar-refractivity contribution >= 4 is 27.4 Å². The average Bonchev–Trinajstić information content (AvgIpc) is 2.34. The highest BCUT2D eigenvalue weighted by Crippen LogP contribution is 2.24. The molecule has 3 N–H and O–H groups in total. The van der Waals surface area contributed by atoms with Gasteiger partial charge < -0.3 is 11.1 Å². The number of nitrogens with zero attached hydrogens (tertiary/aromatic N) is 1. The normalized spacial score (nSPS) is 12.2. The molecule has 1 heterocycles. The number of pyridine rings is 1. The van der Waals surface area contributed by atoms with Crippen LogP contribution in [0.15, 0.2) is 40.9 Å². The van der Waals surface area contributed by atoms with Crippen LogP contribution >= 0.6 is 15.9 Å². The molecule has 0 aliphatic carbocycles. The van der Waals surface area contributed by atoms with E-state index in [0.717, 1.165) is 16.0 Å². The Balaban J connectivity index is 2.21. The zero-order chi connectivity index (χ0) is 13.1. The molecule has 18 heavy (non-hydrogen) atoms. The summed E-state index contributed by atoms with van der Waals surface area (Å²) in [5.41, 5.74) is 8.72. The fourth-order valence-electron chi connectivity index (χ4n) is 1.75. The highest BCUT2D eigenvalue weighted by molar-refractivity contribution is 9.10. The van der Waals surface area contributed by atoms with Crippen molar-refractivity contribution < 1.29 is 0 Å². The number of aryl methyl sites for hydroxylation is 1. The van der Waals surface area contributed by atoms with Crippen LogP contribution in [0.25, 0.3) is 0 Å². The maximum absolute atomic E-state index is 5.91. The zero-order valence-corrected chi connectivity index (χ0v) is 12.0. The summed E-state index contributed by atoms with van der Waals surface area (Å²) in [6.45, 7) is 4.04. The first-order valence-corrected chi connectivity index (χ1v) is 6.60. The summed E-state index contributed by atoms with van der Waals surface area (Å²) in [4.78, 5) is 4.41. The molecule has 0 bridgehead atoms. The van der Waals surface area contributed by atoms with E-state index in [1.807, 2.05) is 31.2 Å². The third-order valence-corrected chi connectivity index (χ3v) is 3.26. The summed E-state index contributed by atoms with van der Waals surface area (Å²) in [7, 11) is 0. The van der Waals surface area contributed by atoms with Gasteiger partial charge in [0.05, 0.1) is 11.7 Å². The number of hydrogen-bond acceptors (Lipinski definition) is 3. The summed E-state index contributed by atoms with van der Waals surface area (Å²) >= 11 is 3.47. The SMILES string of the molecule is Cc1ccc(N)c(NC(C)c2cccc(Br)c2)n1. The van der Waals surface area contributed by atoms with Gasteiger partial charge in [0.1, 0.15) is 5.82 Å². The van der Waals surface area contributed by atoms with E-state index in [9.17, 15) is 0 Å². The third kappa shape index (κ3) is 3.01. The second kappa shape index (κ2) is 5.40. The molecule has 1 aromatic heterocycles. The van der Waals surface area contributed by atoms with E-state index in [1.54, 1.807) is 0 Å². The molecule has 94 valence electrons. The van der Waals surface area contributed by atoms with Crippen molar-refractivity contribution in [1.82, 2.24) is 4.98 Å². The van der Waals surface area contributed by atoms with Crippen LogP contribution in [0, 0.1) is 6.92 Å². The van der Waals surface area contributed by atoms with Gasteiger partial charge in [0, 0.05) is 10.2 Å². The van der Waals surface area contributed by atoms with Crippen molar-refractivity contribution in [1.29, 1.82) is 0 Å². The minimum atomic E-state index is 0.152. The number of anilines is 2. The van der Waals surface area contributed by atoms with Crippen LogP contribution in [0.2, 0.25) is 0 Å². The molecule has 1 atom stereocenters. The van der Waals surface area contributed by atoms with Gasteiger partial charge in [0.25, 0.3) is 0 Å². The maximum Gasteiger partial charge on any atom is 0.149 e. The van der Waals surface area contributed by atoms with E-state index in [0.29, 0.717) is 5.69 Å². The summed E-state index contributed by atoms with van der Waals surface area (Å²) in [6, 6.07) is 12.1. The molecule has 1 unspecified atom stereocenters. The molecular weight excluding hydrogens is 290 g/mol. The average molecular weight is 306 g/mol. The van der Waals surface area contributed by atoms with Crippen molar-refractivity contribution in [2.24, 2.45) is 0 Å². The molecular formula is C14H16BrN3. The van der Waals surface area contributed by atoms with Crippen molar-refractivity contribution in [3.63, 3.8) is 0 Å². The van der Waals surface area contributed by atoms with Gasteiger partial charge >= 0.3 is 0 Å². The Morgan fingerprint density at radius 2 is 2.06 bits per heavy atom. The van der Waals surface area contributed by atoms with Crippen molar-refractivity contribution in [2.45, 2.75) is 19.9 Å². The number of hydrogen-bond donors (Lipinski definition) is 2.